The number of halogens is 1. The van der Waals surface area contributed by atoms with E-state index in [-0.39, 0.29) is 18.2 Å². The number of carbonyl (C=O) groups is 1. The molecule has 1 atom stereocenters. The minimum absolute atomic E-state index is 0.00972. The number of allylic oxidation sites excluding steroid dienone is 5. The van der Waals surface area contributed by atoms with Gasteiger partial charge in [-0.1, -0.05) is 23.8 Å². The van der Waals surface area contributed by atoms with Crippen LogP contribution in [0, 0.1) is 0 Å². The van der Waals surface area contributed by atoms with E-state index >= 15 is 0 Å². The third kappa shape index (κ3) is 5.22. The van der Waals surface area contributed by atoms with Gasteiger partial charge >= 0.3 is 0 Å². The lowest BCUT2D eigenvalue weighted by molar-refractivity contribution is 0.0930. The molecule has 1 unspecified atom stereocenters. The summed E-state index contributed by atoms with van der Waals surface area (Å²) in [6.45, 7) is 6.35. The van der Waals surface area contributed by atoms with Gasteiger partial charge in [-0.25, -0.2) is 0 Å². The Morgan fingerprint density at radius 2 is 2.03 bits per heavy atom. The van der Waals surface area contributed by atoms with Crippen LogP contribution in [-0.2, 0) is 11.2 Å². The van der Waals surface area contributed by atoms with Gasteiger partial charge in [-0.15, -0.1) is 0 Å². The number of nitrogens with one attached hydrogen (secondary N) is 2. The van der Waals surface area contributed by atoms with E-state index < -0.39 is 0 Å². The molecule has 0 aliphatic carbocycles. The van der Waals surface area contributed by atoms with Crippen molar-refractivity contribution in [2.45, 2.75) is 52.4 Å². The number of amides is 1. The van der Waals surface area contributed by atoms with Crippen molar-refractivity contribution in [3.05, 3.63) is 63.4 Å². The fourth-order valence-electron chi connectivity index (χ4n) is 3.71. The van der Waals surface area contributed by atoms with Crippen molar-refractivity contribution in [2.24, 2.45) is 0 Å². The van der Waals surface area contributed by atoms with Crippen LogP contribution in [0.15, 0.2) is 47.2 Å². The highest BCUT2D eigenvalue weighted by molar-refractivity contribution is 6.31. The van der Waals surface area contributed by atoms with E-state index in [1.165, 1.54) is 5.57 Å². The lowest BCUT2D eigenvalue weighted by atomic mass is 9.95. The van der Waals surface area contributed by atoms with Gasteiger partial charge in [-0.05, 0) is 63.8 Å². The number of methoxy groups -OCH3 is 1. The van der Waals surface area contributed by atoms with Crippen LogP contribution >= 0.6 is 11.6 Å². The van der Waals surface area contributed by atoms with Crippen LogP contribution in [0.2, 0.25) is 5.02 Å². The maximum atomic E-state index is 13.1. The molecule has 6 heteroatoms. The molecule has 0 fully saturated rings. The van der Waals surface area contributed by atoms with Crippen molar-refractivity contribution in [3.63, 3.8) is 0 Å². The Bertz CT molecular complexity index is 871. The summed E-state index contributed by atoms with van der Waals surface area (Å²) in [6.07, 6.45) is 8.56. The molecule has 2 aliphatic rings. The van der Waals surface area contributed by atoms with Crippen molar-refractivity contribution < 1.29 is 14.3 Å². The number of fused-ring (bicyclic) bond motifs is 1. The van der Waals surface area contributed by atoms with Gasteiger partial charge in [-0.2, -0.15) is 0 Å². The average Bonchev–Trinajstić information content (AvgIpc) is 2.65. The highest BCUT2D eigenvalue weighted by atomic mass is 35.5. The Morgan fingerprint density at radius 1 is 1.24 bits per heavy atom. The molecule has 1 aromatic carbocycles. The molecule has 29 heavy (non-hydrogen) atoms. The van der Waals surface area contributed by atoms with Gasteiger partial charge < -0.3 is 20.1 Å². The molecule has 5 nitrogen and oxygen atoms in total. The first-order chi connectivity index (χ1) is 13.9. The second-order valence-electron chi connectivity index (χ2n) is 7.63. The Kier molecular flexibility index (Phi) is 7.04. The maximum absolute atomic E-state index is 13.1. The summed E-state index contributed by atoms with van der Waals surface area (Å²) in [6, 6.07) is 3.50. The number of benzene rings is 1. The van der Waals surface area contributed by atoms with E-state index in [1.54, 1.807) is 19.2 Å². The zero-order valence-corrected chi connectivity index (χ0v) is 18.2. The van der Waals surface area contributed by atoms with Gasteiger partial charge in [0.05, 0.1) is 6.10 Å². The minimum atomic E-state index is -0.249. The highest BCUT2D eigenvalue weighted by Crippen LogP contribution is 2.30. The minimum Gasteiger partial charge on any atom is -0.491 e. The molecule has 0 saturated heterocycles. The van der Waals surface area contributed by atoms with Crippen LogP contribution in [0.1, 0.15) is 49.5 Å². The molecule has 0 saturated carbocycles. The summed E-state index contributed by atoms with van der Waals surface area (Å²) < 4.78 is 11.6. The number of rotatable bonds is 3. The zero-order chi connectivity index (χ0) is 21.0. The van der Waals surface area contributed by atoms with Crippen LogP contribution in [-0.4, -0.2) is 31.9 Å². The van der Waals surface area contributed by atoms with Crippen LogP contribution in [0.3, 0.4) is 0 Å². The molecular weight excluding hydrogens is 388 g/mol. The SMILES string of the molecule is COC1NC(C)=CC2=C1CNC(=O)c1cc(Cl)cc(OC(C)C)c1C/C=C/CC2. The Balaban J connectivity index is 2.00. The molecule has 2 N–H and O–H groups in total. The van der Waals surface area contributed by atoms with E-state index in [9.17, 15) is 4.79 Å². The Labute approximate surface area is 177 Å². The molecule has 2 heterocycles. The Morgan fingerprint density at radius 3 is 2.76 bits per heavy atom. The van der Waals surface area contributed by atoms with E-state index in [4.69, 9.17) is 21.1 Å². The number of hydrogen-bond acceptors (Lipinski definition) is 4. The van der Waals surface area contributed by atoms with Crippen LogP contribution in [0.4, 0.5) is 0 Å². The van der Waals surface area contributed by atoms with E-state index in [0.29, 0.717) is 29.3 Å². The first-order valence-corrected chi connectivity index (χ1v) is 10.4. The molecule has 0 bridgehead atoms. The van der Waals surface area contributed by atoms with Crippen molar-refractivity contribution in [3.8, 4) is 5.75 Å². The summed E-state index contributed by atoms with van der Waals surface area (Å²) in [7, 11) is 1.67. The summed E-state index contributed by atoms with van der Waals surface area (Å²) >= 11 is 6.30. The quantitative estimate of drug-likeness (QED) is 0.711. The summed E-state index contributed by atoms with van der Waals surface area (Å²) in [5, 5.41) is 6.86. The number of ether oxygens (including phenoxy) is 2. The van der Waals surface area contributed by atoms with Gasteiger partial charge in [0, 0.05) is 41.1 Å². The van der Waals surface area contributed by atoms with Gasteiger partial charge in [0.15, 0.2) is 6.23 Å². The average molecular weight is 417 g/mol. The van der Waals surface area contributed by atoms with Gasteiger partial charge in [0.2, 0.25) is 0 Å². The molecule has 2 aliphatic heterocycles. The summed E-state index contributed by atoms with van der Waals surface area (Å²) in [5.74, 6) is 0.491. The molecule has 1 amide bonds. The lowest BCUT2D eigenvalue weighted by Crippen LogP contribution is -2.40. The zero-order valence-electron chi connectivity index (χ0n) is 17.5. The highest BCUT2D eigenvalue weighted by Gasteiger charge is 2.24. The van der Waals surface area contributed by atoms with Gasteiger partial charge in [0.1, 0.15) is 5.75 Å². The predicted octanol–water partition coefficient (Wildman–Crippen LogP) is 4.53. The molecule has 1 aromatic rings. The predicted molar refractivity (Wildman–Crippen MR) is 116 cm³/mol. The molecule has 0 aromatic heterocycles. The first-order valence-electron chi connectivity index (χ1n) is 10.0. The Hall–Kier alpha value is -2.24. The van der Waals surface area contributed by atoms with E-state index in [0.717, 1.165) is 29.7 Å². The van der Waals surface area contributed by atoms with Crippen molar-refractivity contribution >= 4 is 17.5 Å². The molecule has 0 spiro atoms. The topological polar surface area (TPSA) is 59.6 Å². The second kappa shape index (κ2) is 9.51. The molecule has 156 valence electrons. The number of hydrogen-bond donors (Lipinski definition) is 2. The fourth-order valence-corrected chi connectivity index (χ4v) is 3.92. The molecule has 0 radical (unpaired) electrons. The fraction of sp³-hybridized carbons (Fsp3) is 0.435. The third-order valence-corrected chi connectivity index (χ3v) is 5.22. The first kappa shape index (κ1) is 21.5. The maximum Gasteiger partial charge on any atom is 0.252 e. The smallest absolute Gasteiger partial charge is 0.252 e. The van der Waals surface area contributed by atoms with Gasteiger partial charge in [-0.3, -0.25) is 4.79 Å². The van der Waals surface area contributed by atoms with Crippen LogP contribution in [0.25, 0.3) is 0 Å². The largest absolute Gasteiger partial charge is 0.491 e. The second-order valence-corrected chi connectivity index (χ2v) is 8.07. The van der Waals surface area contributed by atoms with Gasteiger partial charge in [0.25, 0.3) is 5.91 Å². The van der Waals surface area contributed by atoms with Crippen molar-refractivity contribution in [1.29, 1.82) is 0 Å². The van der Waals surface area contributed by atoms with Crippen LogP contribution in [0.5, 0.6) is 5.75 Å². The molecule has 3 rings (SSSR count). The summed E-state index contributed by atoms with van der Waals surface area (Å²) in [4.78, 5) is 13.1. The van der Waals surface area contributed by atoms with Crippen molar-refractivity contribution in [2.75, 3.05) is 13.7 Å². The van der Waals surface area contributed by atoms with Crippen molar-refractivity contribution in [1.82, 2.24) is 10.6 Å². The number of dihydropyridines is 1. The van der Waals surface area contributed by atoms with E-state index in [1.807, 2.05) is 20.8 Å². The molecular formula is C23H29ClN2O3. The van der Waals surface area contributed by atoms with E-state index in [2.05, 4.69) is 28.9 Å². The summed E-state index contributed by atoms with van der Waals surface area (Å²) in [5.41, 5.74) is 4.71. The van der Waals surface area contributed by atoms with Crippen LogP contribution < -0.4 is 15.4 Å². The lowest BCUT2D eigenvalue weighted by Gasteiger charge is -2.29. The standard InChI is InChI=1S/C23H29ClN2O3/c1-14(2)29-21-12-17(24)11-19-18(21)9-7-5-6-8-16-10-15(3)26-23(28-4)20(16)13-25-22(19)27/h5,7,10-12,14,23,26H,6,8-9,13H2,1-4H3,(H,25,27)/b7-5+. The monoisotopic (exact) mass is 416 g/mol. The third-order valence-electron chi connectivity index (χ3n) is 5.00. The normalized spacial score (nSPS) is 21.1. The number of carbonyl (C=O) groups excluding carboxylic acids is 1.